The second-order valence-electron chi connectivity index (χ2n) is 8.18. The van der Waals surface area contributed by atoms with Gasteiger partial charge in [-0.2, -0.15) is 0 Å². The van der Waals surface area contributed by atoms with Gasteiger partial charge < -0.3 is 9.84 Å². The van der Waals surface area contributed by atoms with Gasteiger partial charge in [0.2, 0.25) is 0 Å². The molecule has 0 bridgehead atoms. The summed E-state index contributed by atoms with van der Waals surface area (Å²) in [6.45, 7) is 3.39. The molecule has 2 atom stereocenters. The molecule has 1 N–H and O–H groups in total. The molecule has 2 aliphatic carbocycles. The second-order valence-corrected chi connectivity index (χ2v) is 8.18. The Morgan fingerprint density at radius 1 is 0.773 bits per heavy atom. The normalized spacial score (nSPS) is 44.3. The molecule has 2 unspecified atom stereocenters. The minimum Gasteiger partial charge on any atom is -0.393 e. The monoisotopic (exact) mass is 306 g/mol. The van der Waals surface area contributed by atoms with Gasteiger partial charge >= 0.3 is 0 Å². The molecular formula is C20H34O2. The van der Waals surface area contributed by atoms with Crippen LogP contribution in [0, 0.1) is 23.7 Å². The molecule has 0 aromatic rings. The summed E-state index contributed by atoms with van der Waals surface area (Å²) in [6.07, 6.45) is 17.5. The van der Waals surface area contributed by atoms with Crippen LogP contribution in [-0.2, 0) is 4.74 Å². The van der Waals surface area contributed by atoms with Crippen molar-refractivity contribution in [3.8, 4) is 0 Å². The fourth-order valence-electron chi connectivity index (χ4n) is 4.65. The van der Waals surface area contributed by atoms with Crippen LogP contribution in [0.4, 0.5) is 0 Å². The molecule has 1 heterocycles. The predicted octanol–water partition coefficient (Wildman–Crippen LogP) is 4.72. The summed E-state index contributed by atoms with van der Waals surface area (Å²) in [5.74, 6) is 3.37. The lowest BCUT2D eigenvalue weighted by atomic mass is 9.74. The summed E-state index contributed by atoms with van der Waals surface area (Å²) in [5.41, 5.74) is 0. The molecule has 0 aromatic heterocycles. The maximum absolute atomic E-state index is 9.56. The summed E-state index contributed by atoms with van der Waals surface area (Å²) in [6, 6.07) is 0. The number of hydrogen-bond donors (Lipinski definition) is 1. The highest BCUT2D eigenvalue weighted by molar-refractivity contribution is 4.97. The van der Waals surface area contributed by atoms with E-state index in [-0.39, 0.29) is 6.10 Å². The van der Waals surface area contributed by atoms with Crippen molar-refractivity contribution < 1.29 is 9.84 Å². The molecule has 0 amide bonds. The van der Waals surface area contributed by atoms with Gasteiger partial charge in [0.15, 0.2) is 0 Å². The van der Waals surface area contributed by atoms with E-state index in [0.717, 1.165) is 50.0 Å². The Morgan fingerprint density at radius 3 is 2.09 bits per heavy atom. The van der Waals surface area contributed by atoms with E-state index in [0.29, 0.717) is 12.0 Å². The summed E-state index contributed by atoms with van der Waals surface area (Å²) in [7, 11) is 0. The van der Waals surface area contributed by atoms with Crippen molar-refractivity contribution >= 4 is 0 Å². The maximum atomic E-state index is 9.56. The van der Waals surface area contributed by atoms with E-state index in [1.165, 1.54) is 38.5 Å². The van der Waals surface area contributed by atoms with Gasteiger partial charge in [-0.1, -0.05) is 31.9 Å². The molecular weight excluding hydrogens is 272 g/mol. The summed E-state index contributed by atoms with van der Waals surface area (Å²) in [4.78, 5) is 0. The van der Waals surface area contributed by atoms with Crippen LogP contribution < -0.4 is 0 Å². The first-order valence-electron chi connectivity index (χ1n) is 9.68. The minimum atomic E-state index is -0.0467. The Kier molecular flexibility index (Phi) is 5.98. The van der Waals surface area contributed by atoms with Gasteiger partial charge in [-0.3, -0.25) is 0 Å². The summed E-state index contributed by atoms with van der Waals surface area (Å²) >= 11 is 0. The van der Waals surface area contributed by atoms with Crippen molar-refractivity contribution in [2.24, 2.45) is 23.7 Å². The standard InChI is InChI=1S/C20H34O2/c1-15-2-7-17(8-3-15)18-9-13-20(22-14-18)12-6-16-4-10-19(21)11-5-16/h6,12,15-21H,2-5,7-11,13-14H2,1H3. The van der Waals surface area contributed by atoms with E-state index >= 15 is 0 Å². The molecule has 2 nitrogen and oxygen atoms in total. The van der Waals surface area contributed by atoms with Crippen LogP contribution in [-0.4, -0.2) is 23.9 Å². The smallest absolute Gasteiger partial charge is 0.0756 e. The van der Waals surface area contributed by atoms with Crippen LogP contribution in [0.15, 0.2) is 12.2 Å². The van der Waals surface area contributed by atoms with Gasteiger partial charge in [-0.05, 0) is 75.0 Å². The first-order chi connectivity index (χ1) is 10.7. The lowest BCUT2D eigenvalue weighted by molar-refractivity contribution is -0.0164. The lowest BCUT2D eigenvalue weighted by Gasteiger charge is -2.36. The number of hydrogen-bond acceptors (Lipinski definition) is 2. The van der Waals surface area contributed by atoms with E-state index < -0.39 is 0 Å². The first kappa shape index (κ1) is 16.5. The molecule has 22 heavy (non-hydrogen) atoms. The quantitative estimate of drug-likeness (QED) is 0.765. The molecule has 3 rings (SSSR count). The number of aliphatic hydroxyl groups excluding tert-OH is 1. The van der Waals surface area contributed by atoms with Crippen molar-refractivity contribution in [3.63, 3.8) is 0 Å². The van der Waals surface area contributed by atoms with Gasteiger partial charge in [-0.15, -0.1) is 0 Å². The van der Waals surface area contributed by atoms with Crippen molar-refractivity contribution in [2.45, 2.75) is 83.3 Å². The highest BCUT2D eigenvalue weighted by atomic mass is 16.5. The predicted molar refractivity (Wildman–Crippen MR) is 90.7 cm³/mol. The Morgan fingerprint density at radius 2 is 1.45 bits per heavy atom. The van der Waals surface area contributed by atoms with Gasteiger partial charge in [0.05, 0.1) is 18.8 Å². The second kappa shape index (κ2) is 7.97. The van der Waals surface area contributed by atoms with E-state index in [4.69, 9.17) is 4.74 Å². The SMILES string of the molecule is CC1CCC(C2CCC(C=CC3CCC(O)CC3)OC2)CC1. The molecule has 3 fully saturated rings. The maximum Gasteiger partial charge on any atom is 0.0756 e. The van der Waals surface area contributed by atoms with Gasteiger partial charge in [0.25, 0.3) is 0 Å². The number of rotatable bonds is 3. The van der Waals surface area contributed by atoms with Crippen molar-refractivity contribution in [3.05, 3.63) is 12.2 Å². The molecule has 3 aliphatic rings. The fourth-order valence-corrected chi connectivity index (χ4v) is 4.65. The van der Waals surface area contributed by atoms with E-state index in [9.17, 15) is 5.11 Å². The minimum absolute atomic E-state index is 0.0467. The molecule has 126 valence electrons. The van der Waals surface area contributed by atoms with Crippen LogP contribution in [0.5, 0.6) is 0 Å². The number of ether oxygens (including phenoxy) is 1. The van der Waals surface area contributed by atoms with E-state index in [1.54, 1.807) is 0 Å². The van der Waals surface area contributed by atoms with Gasteiger partial charge in [0.1, 0.15) is 0 Å². The Hall–Kier alpha value is -0.340. The molecule has 2 saturated carbocycles. The topological polar surface area (TPSA) is 29.5 Å². The molecule has 2 heteroatoms. The zero-order valence-electron chi connectivity index (χ0n) is 14.3. The van der Waals surface area contributed by atoms with Crippen LogP contribution in [0.1, 0.15) is 71.1 Å². The highest BCUT2D eigenvalue weighted by Crippen LogP contribution is 2.37. The van der Waals surface area contributed by atoms with Crippen LogP contribution >= 0.6 is 0 Å². The summed E-state index contributed by atoms with van der Waals surface area (Å²) < 4.78 is 6.15. The van der Waals surface area contributed by atoms with Crippen molar-refractivity contribution in [2.75, 3.05) is 6.61 Å². The average Bonchev–Trinajstić information content (AvgIpc) is 2.56. The number of aliphatic hydroxyl groups is 1. The lowest BCUT2D eigenvalue weighted by Crippen LogP contribution is -2.31. The molecule has 1 saturated heterocycles. The van der Waals surface area contributed by atoms with Crippen molar-refractivity contribution in [1.82, 2.24) is 0 Å². The molecule has 0 aromatic carbocycles. The van der Waals surface area contributed by atoms with Gasteiger partial charge in [-0.25, -0.2) is 0 Å². The fraction of sp³-hybridized carbons (Fsp3) is 0.900. The van der Waals surface area contributed by atoms with Crippen molar-refractivity contribution in [1.29, 1.82) is 0 Å². The van der Waals surface area contributed by atoms with E-state index in [2.05, 4.69) is 19.1 Å². The van der Waals surface area contributed by atoms with Crippen LogP contribution in [0.2, 0.25) is 0 Å². The Bertz CT molecular complexity index is 341. The highest BCUT2D eigenvalue weighted by Gasteiger charge is 2.30. The Labute approximate surface area is 136 Å². The third-order valence-electron chi connectivity index (χ3n) is 6.41. The van der Waals surface area contributed by atoms with Crippen LogP contribution in [0.3, 0.4) is 0 Å². The third kappa shape index (κ3) is 4.58. The largest absolute Gasteiger partial charge is 0.393 e. The number of allylic oxidation sites excluding steroid dienone is 1. The van der Waals surface area contributed by atoms with E-state index in [1.807, 2.05) is 0 Å². The zero-order chi connectivity index (χ0) is 15.4. The summed E-state index contributed by atoms with van der Waals surface area (Å²) in [5, 5.41) is 9.56. The molecule has 0 radical (unpaired) electrons. The third-order valence-corrected chi connectivity index (χ3v) is 6.41. The average molecular weight is 306 g/mol. The first-order valence-corrected chi connectivity index (χ1v) is 9.68. The van der Waals surface area contributed by atoms with Gasteiger partial charge in [0, 0.05) is 0 Å². The Balaban J connectivity index is 1.38. The molecule has 1 aliphatic heterocycles. The zero-order valence-corrected chi connectivity index (χ0v) is 14.3. The van der Waals surface area contributed by atoms with Crippen LogP contribution in [0.25, 0.3) is 0 Å². The molecule has 0 spiro atoms.